The summed E-state index contributed by atoms with van der Waals surface area (Å²) >= 11 is 0. The van der Waals surface area contributed by atoms with Gasteiger partial charge in [-0.3, -0.25) is 4.90 Å². The molecule has 0 aromatic carbocycles. The normalized spacial score (nSPS) is 23.4. The van der Waals surface area contributed by atoms with E-state index in [9.17, 15) is 0 Å². The van der Waals surface area contributed by atoms with Crippen molar-refractivity contribution in [3.05, 3.63) is 18.2 Å². The number of rotatable bonds is 6. The second kappa shape index (κ2) is 6.27. The highest BCUT2D eigenvalue weighted by molar-refractivity contribution is 5.17. The van der Waals surface area contributed by atoms with Crippen LogP contribution in [0, 0.1) is 0 Å². The molecule has 0 radical (unpaired) electrons. The lowest BCUT2D eigenvalue weighted by Gasteiger charge is -2.31. The molecule has 1 N–H and O–H groups in total. The molecule has 1 aliphatic rings. The van der Waals surface area contributed by atoms with Gasteiger partial charge in [-0.25, -0.2) is 4.98 Å². The third-order valence-electron chi connectivity index (χ3n) is 4.63. The molecule has 1 saturated heterocycles. The van der Waals surface area contributed by atoms with E-state index in [4.69, 9.17) is 0 Å². The quantitative estimate of drug-likeness (QED) is 0.866. The van der Waals surface area contributed by atoms with E-state index in [1.165, 1.54) is 12.1 Å². The van der Waals surface area contributed by atoms with Crippen molar-refractivity contribution in [2.45, 2.75) is 65.1 Å². The third-order valence-corrected chi connectivity index (χ3v) is 4.63. The summed E-state index contributed by atoms with van der Waals surface area (Å²) in [5, 5.41) is 3.48. The van der Waals surface area contributed by atoms with Crippen LogP contribution in [0.1, 0.15) is 46.7 Å². The molecule has 1 fully saturated rings. The number of nitrogens with one attached hydrogen (secondary N) is 1. The monoisotopic (exact) mass is 278 g/mol. The van der Waals surface area contributed by atoms with Crippen LogP contribution in [0.2, 0.25) is 0 Å². The Balaban J connectivity index is 2.05. The zero-order valence-corrected chi connectivity index (χ0v) is 13.7. The number of hydrogen-bond acceptors (Lipinski definition) is 3. The van der Waals surface area contributed by atoms with E-state index in [2.05, 4.69) is 60.6 Å². The van der Waals surface area contributed by atoms with Crippen molar-refractivity contribution in [2.24, 2.45) is 0 Å². The molecule has 4 nitrogen and oxygen atoms in total. The molecular weight excluding hydrogens is 248 g/mol. The van der Waals surface area contributed by atoms with Gasteiger partial charge in [-0.15, -0.1) is 0 Å². The zero-order chi connectivity index (χ0) is 14.8. The smallest absolute Gasteiger partial charge is 0.0948 e. The molecule has 1 aromatic rings. The highest BCUT2D eigenvalue weighted by atomic mass is 15.2. The predicted octanol–water partition coefficient (Wildman–Crippen LogP) is 2.25. The Kier molecular flexibility index (Phi) is 4.86. The summed E-state index contributed by atoms with van der Waals surface area (Å²) in [4.78, 5) is 6.94. The SMILES string of the molecule is CC(C)N(CCn1cncc1C1(C)CCNC1)C(C)C. The highest BCUT2D eigenvalue weighted by Crippen LogP contribution is 2.29. The van der Waals surface area contributed by atoms with E-state index in [0.29, 0.717) is 12.1 Å². The van der Waals surface area contributed by atoms with E-state index >= 15 is 0 Å². The fourth-order valence-electron chi connectivity index (χ4n) is 3.37. The summed E-state index contributed by atoms with van der Waals surface area (Å²) in [5.41, 5.74) is 1.63. The lowest BCUT2D eigenvalue weighted by molar-refractivity contribution is 0.167. The van der Waals surface area contributed by atoms with Crippen LogP contribution in [0.4, 0.5) is 0 Å². The maximum absolute atomic E-state index is 4.40. The number of hydrogen-bond donors (Lipinski definition) is 1. The Morgan fingerprint density at radius 2 is 2.05 bits per heavy atom. The van der Waals surface area contributed by atoms with Crippen LogP contribution in [0.25, 0.3) is 0 Å². The molecule has 1 atom stereocenters. The summed E-state index contributed by atoms with van der Waals surface area (Å²) in [5.74, 6) is 0. The maximum Gasteiger partial charge on any atom is 0.0948 e. The summed E-state index contributed by atoms with van der Waals surface area (Å²) in [6.45, 7) is 15.7. The van der Waals surface area contributed by atoms with Gasteiger partial charge in [0.2, 0.25) is 0 Å². The van der Waals surface area contributed by atoms with Gasteiger partial charge >= 0.3 is 0 Å². The second-order valence-corrected chi connectivity index (χ2v) is 6.89. The van der Waals surface area contributed by atoms with Crippen LogP contribution in [-0.2, 0) is 12.0 Å². The van der Waals surface area contributed by atoms with E-state index < -0.39 is 0 Å². The van der Waals surface area contributed by atoms with Gasteiger partial charge in [-0.1, -0.05) is 6.92 Å². The van der Waals surface area contributed by atoms with Gasteiger partial charge in [-0.2, -0.15) is 0 Å². The summed E-state index contributed by atoms with van der Waals surface area (Å²) in [7, 11) is 0. The molecule has 4 heteroatoms. The molecule has 1 aliphatic heterocycles. The van der Waals surface area contributed by atoms with Gasteiger partial charge in [0.25, 0.3) is 0 Å². The van der Waals surface area contributed by atoms with Gasteiger partial charge in [-0.05, 0) is 40.7 Å². The third kappa shape index (κ3) is 3.23. The highest BCUT2D eigenvalue weighted by Gasteiger charge is 2.33. The van der Waals surface area contributed by atoms with Crippen LogP contribution in [-0.4, -0.2) is 46.2 Å². The average Bonchev–Trinajstić information content (AvgIpc) is 2.98. The van der Waals surface area contributed by atoms with Crippen LogP contribution >= 0.6 is 0 Å². The van der Waals surface area contributed by atoms with Crippen molar-refractivity contribution in [2.75, 3.05) is 19.6 Å². The Bertz CT molecular complexity index is 408. The molecule has 0 saturated carbocycles. The van der Waals surface area contributed by atoms with Crippen LogP contribution in [0.15, 0.2) is 12.5 Å². The Morgan fingerprint density at radius 3 is 2.60 bits per heavy atom. The van der Waals surface area contributed by atoms with E-state index in [1.807, 2.05) is 6.33 Å². The molecule has 0 bridgehead atoms. The first-order valence-corrected chi connectivity index (χ1v) is 7.91. The molecule has 2 heterocycles. The topological polar surface area (TPSA) is 33.1 Å². The molecule has 0 spiro atoms. The van der Waals surface area contributed by atoms with Crippen LogP contribution in [0.3, 0.4) is 0 Å². The lowest BCUT2D eigenvalue weighted by atomic mass is 9.86. The first-order valence-electron chi connectivity index (χ1n) is 7.91. The van der Waals surface area contributed by atoms with Gasteiger partial charge in [0.15, 0.2) is 0 Å². The standard InChI is InChI=1S/C16H30N4/c1-13(2)20(14(3)4)9-8-19-12-18-10-15(19)16(5)6-7-17-11-16/h10,12-14,17H,6-9,11H2,1-5H3. The molecule has 1 unspecified atom stereocenters. The minimum absolute atomic E-state index is 0.247. The largest absolute Gasteiger partial charge is 0.333 e. The number of aromatic nitrogens is 2. The zero-order valence-electron chi connectivity index (χ0n) is 13.7. The van der Waals surface area contributed by atoms with Crippen molar-refractivity contribution < 1.29 is 0 Å². The number of nitrogens with zero attached hydrogens (tertiary/aromatic N) is 3. The van der Waals surface area contributed by atoms with Gasteiger partial charge in [0.05, 0.1) is 6.33 Å². The van der Waals surface area contributed by atoms with Crippen molar-refractivity contribution in [3.8, 4) is 0 Å². The van der Waals surface area contributed by atoms with Gasteiger partial charge < -0.3 is 9.88 Å². The number of imidazole rings is 1. The lowest BCUT2D eigenvalue weighted by Crippen LogP contribution is -2.39. The molecule has 1 aromatic heterocycles. The summed E-state index contributed by atoms with van der Waals surface area (Å²) in [6, 6.07) is 1.18. The van der Waals surface area contributed by atoms with Crippen molar-refractivity contribution in [3.63, 3.8) is 0 Å². The molecule has 2 rings (SSSR count). The van der Waals surface area contributed by atoms with Crippen molar-refractivity contribution in [1.82, 2.24) is 19.8 Å². The second-order valence-electron chi connectivity index (χ2n) is 6.89. The van der Waals surface area contributed by atoms with Crippen molar-refractivity contribution >= 4 is 0 Å². The molecule has 114 valence electrons. The van der Waals surface area contributed by atoms with Crippen molar-refractivity contribution in [1.29, 1.82) is 0 Å². The minimum atomic E-state index is 0.247. The fraction of sp³-hybridized carbons (Fsp3) is 0.812. The Labute approximate surface area is 123 Å². The Hall–Kier alpha value is -0.870. The fourth-order valence-corrected chi connectivity index (χ4v) is 3.37. The molecule has 20 heavy (non-hydrogen) atoms. The van der Waals surface area contributed by atoms with Crippen LogP contribution in [0.5, 0.6) is 0 Å². The van der Waals surface area contributed by atoms with E-state index in [1.54, 1.807) is 0 Å². The van der Waals surface area contributed by atoms with Crippen LogP contribution < -0.4 is 5.32 Å². The van der Waals surface area contributed by atoms with E-state index in [-0.39, 0.29) is 5.41 Å². The van der Waals surface area contributed by atoms with Gasteiger partial charge in [0, 0.05) is 49.0 Å². The predicted molar refractivity (Wildman–Crippen MR) is 84.0 cm³/mol. The Morgan fingerprint density at radius 1 is 1.35 bits per heavy atom. The van der Waals surface area contributed by atoms with Gasteiger partial charge in [0.1, 0.15) is 0 Å². The van der Waals surface area contributed by atoms with E-state index in [0.717, 1.165) is 26.2 Å². The molecule has 0 amide bonds. The first kappa shape index (κ1) is 15.5. The molecule has 0 aliphatic carbocycles. The maximum atomic E-state index is 4.40. The first-order chi connectivity index (χ1) is 9.44. The average molecular weight is 278 g/mol. The summed E-state index contributed by atoms with van der Waals surface area (Å²) < 4.78 is 2.35. The molecular formula is C16H30N4. The summed E-state index contributed by atoms with van der Waals surface area (Å²) in [6.07, 6.45) is 5.26. The minimum Gasteiger partial charge on any atom is -0.333 e.